The number of aryl methyl sites for hydroxylation is 2. The lowest BCUT2D eigenvalue weighted by Gasteiger charge is -2.03. The Kier molecular flexibility index (Phi) is 3.43. The van der Waals surface area contributed by atoms with Crippen molar-refractivity contribution in [1.29, 1.82) is 0 Å². The number of esters is 1. The SMILES string of the molecule is Cc1ccc(OC(=O)c2oc3ccc(Cl)cc3c2C)cc1. The van der Waals surface area contributed by atoms with Gasteiger partial charge in [-0.05, 0) is 44.2 Å². The van der Waals surface area contributed by atoms with Crippen LogP contribution in [0.25, 0.3) is 11.0 Å². The number of furan rings is 1. The number of carbonyl (C=O) groups excluding carboxylic acids is 1. The van der Waals surface area contributed by atoms with E-state index < -0.39 is 5.97 Å². The lowest BCUT2D eigenvalue weighted by Crippen LogP contribution is -2.08. The fraction of sp³-hybridized carbons (Fsp3) is 0.118. The molecule has 0 aliphatic heterocycles. The monoisotopic (exact) mass is 300 g/mol. The van der Waals surface area contributed by atoms with Crippen LogP contribution in [-0.4, -0.2) is 5.97 Å². The highest BCUT2D eigenvalue weighted by Crippen LogP contribution is 2.28. The summed E-state index contributed by atoms with van der Waals surface area (Å²) in [6, 6.07) is 12.5. The molecule has 0 amide bonds. The van der Waals surface area contributed by atoms with E-state index in [4.69, 9.17) is 20.8 Å². The molecule has 1 aromatic heterocycles. The zero-order chi connectivity index (χ0) is 15.0. The van der Waals surface area contributed by atoms with Gasteiger partial charge in [0.2, 0.25) is 5.76 Å². The van der Waals surface area contributed by atoms with Crippen LogP contribution < -0.4 is 4.74 Å². The van der Waals surface area contributed by atoms with Gasteiger partial charge in [0.1, 0.15) is 11.3 Å². The highest BCUT2D eigenvalue weighted by atomic mass is 35.5. The Morgan fingerprint density at radius 1 is 1.10 bits per heavy atom. The fourth-order valence-corrected chi connectivity index (χ4v) is 2.32. The van der Waals surface area contributed by atoms with Gasteiger partial charge in [-0.3, -0.25) is 0 Å². The fourth-order valence-electron chi connectivity index (χ4n) is 2.15. The molecule has 0 saturated carbocycles. The number of hydrogen-bond donors (Lipinski definition) is 0. The lowest BCUT2D eigenvalue weighted by molar-refractivity contribution is 0.0703. The summed E-state index contributed by atoms with van der Waals surface area (Å²) < 4.78 is 10.9. The Morgan fingerprint density at radius 3 is 2.52 bits per heavy atom. The standard InChI is InChI=1S/C17H13ClO3/c1-10-3-6-13(7-4-10)20-17(19)16-11(2)14-9-12(18)5-8-15(14)21-16/h3-9H,1-2H3. The third kappa shape index (κ3) is 2.65. The molecule has 0 fully saturated rings. The van der Waals surface area contributed by atoms with Gasteiger partial charge in [0.25, 0.3) is 0 Å². The van der Waals surface area contributed by atoms with E-state index in [-0.39, 0.29) is 5.76 Å². The Bertz CT molecular complexity index is 816. The van der Waals surface area contributed by atoms with Gasteiger partial charge in [0.15, 0.2) is 0 Å². The van der Waals surface area contributed by atoms with Gasteiger partial charge < -0.3 is 9.15 Å². The second kappa shape index (κ2) is 5.26. The second-order valence-electron chi connectivity index (χ2n) is 4.90. The molecule has 21 heavy (non-hydrogen) atoms. The highest BCUT2D eigenvalue weighted by Gasteiger charge is 2.19. The summed E-state index contributed by atoms with van der Waals surface area (Å²) >= 11 is 5.97. The first-order valence-electron chi connectivity index (χ1n) is 6.52. The van der Waals surface area contributed by atoms with Crippen molar-refractivity contribution in [2.75, 3.05) is 0 Å². The number of halogens is 1. The molecule has 0 saturated heterocycles. The van der Waals surface area contributed by atoms with Gasteiger partial charge in [0, 0.05) is 16.0 Å². The predicted molar refractivity (Wildman–Crippen MR) is 82.1 cm³/mol. The molecule has 0 radical (unpaired) electrons. The third-order valence-electron chi connectivity index (χ3n) is 3.32. The molecule has 2 aromatic carbocycles. The first-order valence-corrected chi connectivity index (χ1v) is 6.90. The predicted octanol–water partition coefficient (Wildman–Crippen LogP) is 4.92. The van der Waals surface area contributed by atoms with Crippen molar-refractivity contribution in [3.05, 3.63) is 64.4 Å². The number of carbonyl (C=O) groups is 1. The summed E-state index contributed by atoms with van der Waals surface area (Å²) in [4.78, 5) is 12.2. The Morgan fingerprint density at radius 2 is 1.81 bits per heavy atom. The second-order valence-corrected chi connectivity index (χ2v) is 5.34. The average molecular weight is 301 g/mol. The molecule has 0 N–H and O–H groups in total. The van der Waals surface area contributed by atoms with Crippen molar-refractivity contribution in [1.82, 2.24) is 0 Å². The van der Waals surface area contributed by atoms with Crippen LogP contribution in [0.15, 0.2) is 46.9 Å². The van der Waals surface area contributed by atoms with E-state index in [0.29, 0.717) is 16.4 Å². The maximum absolute atomic E-state index is 12.2. The maximum atomic E-state index is 12.2. The summed E-state index contributed by atoms with van der Waals surface area (Å²) in [6.45, 7) is 3.78. The number of rotatable bonds is 2. The van der Waals surface area contributed by atoms with E-state index in [1.807, 2.05) is 26.0 Å². The summed E-state index contributed by atoms with van der Waals surface area (Å²) in [5, 5.41) is 1.42. The van der Waals surface area contributed by atoms with E-state index in [1.165, 1.54) is 0 Å². The first-order chi connectivity index (χ1) is 10.0. The molecule has 0 aliphatic carbocycles. The number of ether oxygens (including phenoxy) is 1. The third-order valence-corrected chi connectivity index (χ3v) is 3.55. The van der Waals surface area contributed by atoms with E-state index in [0.717, 1.165) is 16.5 Å². The minimum atomic E-state index is -0.510. The quantitative estimate of drug-likeness (QED) is 0.498. The molecule has 106 valence electrons. The van der Waals surface area contributed by atoms with Gasteiger partial charge in [0.05, 0.1) is 0 Å². The molecule has 3 nitrogen and oxygen atoms in total. The molecule has 3 aromatic rings. The molecule has 0 bridgehead atoms. The van der Waals surface area contributed by atoms with Gasteiger partial charge in [-0.1, -0.05) is 29.3 Å². The zero-order valence-corrected chi connectivity index (χ0v) is 12.4. The van der Waals surface area contributed by atoms with Crippen LogP contribution in [0.5, 0.6) is 5.75 Å². The molecule has 0 atom stereocenters. The van der Waals surface area contributed by atoms with Crippen molar-refractivity contribution >= 4 is 28.5 Å². The van der Waals surface area contributed by atoms with E-state index >= 15 is 0 Å². The van der Waals surface area contributed by atoms with Crippen LogP contribution in [0.2, 0.25) is 5.02 Å². The van der Waals surface area contributed by atoms with Crippen molar-refractivity contribution in [3.63, 3.8) is 0 Å². The topological polar surface area (TPSA) is 39.4 Å². The highest BCUT2D eigenvalue weighted by molar-refractivity contribution is 6.31. The molecule has 0 unspecified atom stereocenters. The Hall–Kier alpha value is -2.26. The van der Waals surface area contributed by atoms with Crippen molar-refractivity contribution in [2.24, 2.45) is 0 Å². The van der Waals surface area contributed by atoms with E-state index in [9.17, 15) is 4.79 Å². The minimum absolute atomic E-state index is 0.202. The van der Waals surface area contributed by atoms with Gasteiger partial charge in [-0.2, -0.15) is 0 Å². The number of benzene rings is 2. The number of fused-ring (bicyclic) bond motifs is 1. The molecule has 4 heteroatoms. The molecule has 1 heterocycles. The van der Waals surface area contributed by atoms with Crippen molar-refractivity contribution in [3.8, 4) is 5.75 Å². The molecule has 3 rings (SSSR count). The first kappa shape index (κ1) is 13.7. The van der Waals surface area contributed by atoms with Crippen LogP contribution in [-0.2, 0) is 0 Å². The summed E-state index contributed by atoms with van der Waals surface area (Å²) in [6.07, 6.45) is 0. The van der Waals surface area contributed by atoms with Gasteiger partial charge >= 0.3 is 5.97 Å². The van der Waals surface area contributed by atoms with E-state index in [1.54, 1.807) is 30.3 Å². The minimum Gasteiger partial charge on any atom is -0.449 e. The van der Waals surface area contributed by atoms with Crippen LogP contribution in [0.1, 0.15) is 21.7 Å². The van der Waals surface area contributed by atoms with Gasteiger partial charge in [-0.25, -0.2) is 4.79 Å². The van der Waals surface area contributed by atoms with Gasteiger partial charge in [-0.15, -0.1) is 0 Å². The molecular weight excluding hydrogens is 288 g/mol. The van der Waals surface area contributed by atoms with Crippen LogP contribution in [0.4, 0.5) is 0 Å². The summed E-state index contributed by atoms with van der Waals surface area (Å²) in [5.74, 6) is 0.181. The summed E-state index contributed by atoms with van der Waals surface area (Å²) in [7, 11) is 0. The smallest absolute Gasteiger partial charge is 0.379 e. The average Bonchev–Trinajstić information content (AvgIpc) is 2.79. The molecular formula is C17H13ClO3. The van der Waals surface area contributed by atoms with Crippen LogP contribution in [0, 0.1) is 13.8 Å². The Balaban J connectivity index is 1.94. The lowest BCUT2D eigenvalue weighted by atomic mass is 10.1. The molecule has 0 spiro atoms. The maximum Gasteiger partial charge on any atom is 0.379 e. The largest absolute Gasteiger partial charge is 0.449 e. The summed E-state index contributed by atoms with van der Waals surface area (Å²) in [5.41, 5.74) is 2.45. The van der Waals surface area contributed by atoms with E-state index in [2.05, 4.69) is 0 Å². The Labute approximate surface area is 127 Å². The normalized spacial score (nSPS) is 10.8. The number of hydrogen-bond acceptors (Lipinski definition) is 3. The zero-order valence-electron chi connectivity index (χ0n) is 11.6. The molecule has 0 aliphatic rings. The van der Waals surface area contributed by atoms with Crippen LogP contribution >= 0.6 is 11.6 Å². The van der Waals surface area contributed by atoms with Crippen LogP contribution in [0.3, 0.4) is 0 Å². The van der Waals surface area contributed by atoms with Crippen molar-refractivity contribution in [2.45, 2.75) is 13.8 Å². The van der Waals surface area contributed by atoms with Crippen molar-refractivity contribution < 1.29 is 13.9 Å².